The van der Waals surface area contributed by atoms with Crippen LogP contribution < -0.4 is 15.4 Å². The van der Waals surface area contributed by atoms with E-state index in [1.807, 2.05) is 0 Å². The molecule has 0 aliphatic rings. The fourth-order valence-electron chi connectivity index (χ4n) is 2.16. The van der Waals surface area contributed by atoms with Crippen LogP contribution in [0.5, 0.6) is 11.5 Å². The van der Waals surface area contributed by atoms with Gasteiger partial charge in [0.25, 0.3) is 0 Å². The lowest BCUT2D eigenvalue weighted by molar-refractivity contribution is 0.201. The predicted octanol–water partition coefficient (Wildman–Crippen LogP) is 3.18. The van der Waals surface area contributed by atoms with Gasteiger partial charge in [0.1, 0.15) is 18.1 Å². The predicted molar refractivity (Wildman–Crippen MR) is 95.7 cm³/mol. The minimum absolute atomic E-state index is 0.0176. The van der Waals surface area contributed by atoms with Crippen LogP contribution >= 0.6 is 0 Å². The molecule has 7 nitrogen and oxygen atoms in total. The largest absolute Gasteiger partial charge is 0.508 e. The number of halogens is 1. The van der Waals surface area contributed by atoms with Gasteiger partial charge in [0.15, 0.2) is 11.6 Å². The molecule has 4 N–H and O–H groups in total. The lowest BCUT2D eigenvalue weighted by Gasteiger charge is -2.10. The monoisotopic (exact) mass is 356 g/mol. The van der Waals surface area contributed by atoms with Crippen LogP contribution in [0.1, 0.15) is 0 Å². The van der Waals surface area contributed by atoms with Gasteiger partial charge in [0, 0.05) is 17.4 Å². The van der Waals surface area contributed by atoms with Gasteiger partial charge >= 0.3 is 0 Å². The zero-order valence-electron chi connectivity index (χ0n) is 13.7. The molecule has 8 heteroatoms. The number of anilines is 4. The van der Waals surface area contributed by atoms with Crippen LogP contribution in [0.2, 0.25) is 0 Å². The van der Waals surface area contributed by atoms with Gasteiger partial charge in [-0.3, -0.25) is 0 Å². The van der Waals surface area contributed by atoms with Crippen molar-refractivity contribution in [1.82, 2.24) is 9.97 Å². The normalized spacial score (nSPS) is 10.4. The summed E-state index contributed by atoms with van der Waals surface area (Å²) in [5.41, 5.74) is 1.19. The summed E-state index contributed by atoms with van der Waals surface area (Å²) in [6, 6.07) is 13.3. The third-order valence-corrected chi connectivity index (χ3v) is 3.32. The molecule has 0 fully saturated rings. The van der Waals surface area contributed by atoms with Gasteiger partial charge in [-0.15, -0.1) is 0 Å². The van der Waals surface area contributed by atoms with Gasteiger partial charge < -0.3 is 25.6 Å². The number of ether oxygens (including phenoxy) is 1. The molecule has 0 amide bonds. The Morgan fingerprint density at radius 1 is 1.04 bits per heavy atom. The number of hydrogen-bond donors (Lipinski definition) is 4. The van der Waals surface area contributed by atoms with E-state index in [-0.39, 0.29) is 30.7 Å². The molecule has 0 atom stereocenters. The maximum absolute atomic E-state index is 14.0. The van der Waals surface area contributed by atoms with Crippen molar-refractivity contribution >= 4 is 23.1 Å². The van der Waals surface area contributed by atoms with Crippen molar-refractivity contribution in [3.8, 4) is 11.5 Å². The minimum atomic E-state index is -0.619. The molecule has 134 valence electrons. The SMILES string of the molecule is OCCOc1ccc(Nc2ncc(F)c(Nc3cccc(O)c3)n2)cc1. The maximum atomic E-state index is 14.0. The molecule has 0 aliphatic heterocycles. The molecule has 0 aliphatic carbocycles. The lowest BCUT2D eigenvalue weighted by atomic mass is 10.3. The van der Waals surface area contributed by atoms with Crippen molar-refractivity contribution < 1.29 is 19.3 Å². The van der Waals surface area contributed by atoms with E-state index >= 15 is 0 Å². The number of rotatable bonds is 7. The molecule has 3 rings (SSSR count). The van der Waals surface area contributed by atoms with E-state index in [9.17, 15) is 9.50 Å². The molecule has 2 aromatic carbocycles. The molecule has 0 bridgehead atoms. The number of aliphatic hydroxyl groups is 1. The molecule has 1 aromatic heterocycles. The maximum Gasteiger partial charge on any atom is 0.229 e. The molecule has 26 heavy (non-hydrogen) atoms. The van der Waals surface area contributed by atoms with Crippen molar-refractivity contribution in [3.63, 3.8) is 0 Å². The topological polar surface area (TPSA) is 99.5 Å². The number of benzene rings is 2. The molecular formula is C18H17FN4O3. The number of aromatic nitrogens is 2. The molecule has 3 aromatic rings. The Bertz CT molecular complexity index is 875. The van der Waals surface area contributed by atoms with Crippen LogP contribution in [0, 0.1) is 5.82 Å². The third kappa shape index (κ3) is 4.58. The zero-order valence-corrected chi connectivity index (χ0v) is 13.7. The number of nitrogens with zero attached hydrogens (tertiary/aromatic N) is 2. The first kappa shape index (κ1) is 17.4. The Morgan fingerprint density at radius 2 is 1.85 bits per heavy atom. The van der Waals surface area contributed by atoms with Gasteiger partial charge in [0.2, 0.25) is 5.95 Å². The van der Waals surface area contributed by atoms with Gasteiger partial charge in [0.05, 0.1) is 12.8 Å². The summed E-state index contributed by atoms with van der Waals surface area (Å²) in [4.78, 5) is 8.02. The van der Waals surface area contributed by atoms with Crippen LogP contribution in [0.4, 0.5) is 27.5 Å². The summed E-state index contributed by atoms with van der Waals surface area (Å²) in [5.74, 6) is 0.253. The van der Waals surface area contributed by atoms with Gasteiger partial charge in [-0.05, 0) is 36.4 Å². The van der Waals surface area contributed by atoms with E-state index in [0.29, 0.717) is 17.1 Å². The van der Waals surface area contributed by atoms with Crippen molar-refractivity contribution in [2.45, 2.75) is 0 Å². The Hall–Kier alpha value is -3.39. The van der Waals surface area contributed by atoms with E-state index in [0.717, 1.165) is 6.20 Å². The van der Waals surface area contributed by atoms with Crippen LogP contribution in [-0.4, -0.2) is 33.4 Å². The fraction of sp³-hybridized carbons (Fsp3) is 0.111. The summed E-state index contributed by atoms with van der Waals surface area (Å²) < 4.78 is 19.2. The lowest BCUT2D eigenvalue weighted by Crippen LogP contribution is -2.04. The van der Waals surface area contributed by atoms with E-state index in [1.165, 1.54) is 12.1 Å². The van der Waals surface area contributed by atoms with Crippen molar-refractivity contribution in [3.05, 3.63) is 60.5 Å². The Kier molecular flexibility index (Phi) is 5.45. The first-order valence-electron chi connectivity index (χ1n) is 7.83. The van der Waals surface area contributed by atoms with Gasteiger partial charge in [-0.1, -0.05) is 6.07 Å². The first-order valence-corrected chi connectivity index (χ1v) is 7.83. The Labute approximate surface area is 149 Å². The standard InChI is InChI=1S/C18H17FN4O3/c19-16-11-20-18(22-12-4-6-15(7-5-12)26-9-8-24)23-17(16)21-13-2-1-3-14(25)10-13/h1-7,10-11,24-25H,8-9H2,(H2,20,21,22,23). The molecular weight excluding hydrogens is 339 g/mol. The number of phenolic OH excluding ortho intramolecular Hbond substituents is 1. The van der Waals surface area contributed by atoms with Crippen molar-refractivity contribution in [2.75, 3.05) is 23.8 Å². The van der Waals surface area contributed by atoms with E-state index in [1.54, 1.807) is 36.4 Å². The Morgan fingerprint density at radius 3 is 2.58 bits per heavy atom. The highest BCUT2D eigenvalue weighted by Crippen LogP contribution is 2.23. The number of hydrogen-bond acceptors (Lipinski definition) is 7. The second-order valence-electron chi connectivity index (χ2n) is 5.29. The zero-order chi connectivity index (χ0) is 18.4. The average molecular weight is 356 g/mol. The highest BCUT2D eigenvalue weighted by Gasteiger charge is 2.08. The summed E-state index contributed by atoms with van der Waals surface area (Å²) in [6.07, 6.45) is 1.05. The van der Waals surface area contributed by atoms with Crippen LogP contribution in [-0.2, 0) is 0 Å². The smallest absolute Gasteiger partial charge is 0.229 e. The van der Waals surface area contributed by atoms with Gasteiger partial charge in [-0.25, -0.2) is 9.37 Å². The minimum Gasteiger partial charge on any atom is -0.508 e. The molecule has 0 spiro atoms. The fourth-order valence-corrected chi connectivity index (χ4v) is 2.16. The van der Waals surface area contributed by atoms with Crippen LogP contribution in [0.15, 0.2) is 54.7 Å². The Balaban J connectivity index is 1.72. The quantitative estimate of drug-likeness (QED) is 0.516. The molecule has 0 saturated carbocycles. The number of aliphatic hydroxyl groups excluding tert-OH is 1. The molecule has 0 saturated heterocycles. The first-order chi connectivity index (χ1) is 12.6. The van der Waals surface area contributed by atoms with E-state index < -0.39 is 5.82 Å². The highest BCUT2D eigenvalue weighted by atomic mass is 19.1. The summed E-state index contributed by atoms with van der Waals surface area (Å²) >= 11 is 0. The third-order valence-electron chi connectivity index (χ3n) is 3.32. The van der Waals surface area contributed by atoms with Crippen molar-refractivity contribution in [2.24, 2.45) is 0 Å². The molecule has 0 radical (unpaired) electrons. The number of aromatic hydroxyl groups is 1. The average Bonchev–Trinajstić information content (AvgIpc) is 2.64. The van der Waals surface area contributed by atoms with Crippen LogP contribution in [0.3, 0.4) is 0 Å². The second kappa shape index (κ2) is 8.13. The molecule has 0 unspecified atom stereocenters. The van der Waals surface area contributed by atoms with E-state index in [4.69, 9.17) is 9.84 Å². The van der Waals surface area contributed by atoms with Crippen LogP contribution in [0.25, 0.3) is 0 Å². The second-order valence-corrected chi connectivity index (χ2v) is 5.29. The van der Waals surface area contributed by atoms with Crippen molar-refractivity contribution in [1.29, 1.82) is 0 Å². The summed E-state index contributed by atoms with van der Waals surface area (Å²) in [5, 5.41) is 24.0. The summed E-state index contributed by atoms with van der Waals surface area (Å²) in [6.45, 7) is 0.163. The van der Waals surface area contributed by atoms with E-state index in [2.05, 4.69) is 20.6 Å². The number of nitrogens with one attached hydrogen (secondary N) is 2. The molecule has 1 heterocycles. The van der Waals surface area contributed by atoms with Gasteiger partial charge in [-0.2, -0.15) is 4.98 Å². The number of phenols is 1. The summed E-state index contributed by atoms with van der Waals surface area (Å²) in [7, 11) is 0. The highest BCUT2D eigenvalue weighted by molar-refractivity contribution is 5.61.